The maximum absolute atomic E-state index is 6.69. The van der Waals surface area contributed by atoms with Crippen molar-refractivity contribution in [3.8, 4) is 5.75 Å². The van der Waals surface area contributed by atoms with Crippen LogP contribution in [0.2, 0.25) is 0 Å². The minimum atomic E-state index is -0.326. The van der Waals surface area contributed by atoms with Crippen LogP contribution in [0.4, 0.5) is 5.69 Å². The van der Waals surface area contributed by atoms with Crippen LogP contribution in [0.15, 0.2) is 110 Å². The number of fused-ring (bicyclic) bond motifs is 4. The minimum absolute atomic E-state index is 0.326. The first kappa shape index (κ1) is 25.9. The highest BCUT2D eigenvalue weighted by Gasteiger charge is 2.34. The normalized spacial score (nSPS) is 15.4. The van der Waals surface area contributed by atoms with E-state index in [1.165, 1.54) is 46.5 Å². The Hall–Kier alpha value is -3.78. The van der Waals surface area contributed by atoms with Gasteiger partial charge in [-0.15, -0.1) is 6.58 Å². The molecule has 0 N–H and O–H groups in total. The van der Waals surface area contributed by atoms with Gasteiger partial charge in [0.25, 0.3) is 0 Å². The van der Waals surface area contributed by atoms with Crippen molar-refractivity contribution in [2.45, 2.75) is 58.3 Å². The van der Waals surface area contributed by atoms with Gasteiger partial charge < -0.3 is 9.64 Å². The first-order valence-corrected chi connectivity index (χ1v) is 14.0. The lowest BCUT2D eigenvalue weighted by Crippen LogP contribution is -2.27. The molecule has 1 aliphatic rings. The van der Waals surface area contributed by atoms with Gasteiger partial charge in [-0.05, 0) is 58.7 Å². The minimum Gasteiger partial charge on any atom is -0.438 e. The molecule has 0 fully saturated rings. The van der Waals surface area contributed by atoms with E-state index >= 15 is 0 Å². The molecule has 0 aromatic heterocycles. The molecule has 0 radical (unpaired) electrons. The fourth-order valence-electron chi connectivity index (χ4n) is 5.97. The third-order valence-corrected chi connectivity index (χ3v) is 8.11. The van der Waals surface area contributed by atoms with Crippen LogP contribution >= 0.6 is 0 Å². The van der Waals surface area contributed by atoms with Crippen LogP contribution in [0.5, 0.6) is 5.75 Å². The lowest BCUT2D eigenvalue weighted by atomic mass is 9.70. The van der Waals surface area contributed by atoms with Crippen LogP contribution in [0.3, 0.4) is 0 Å². The van der Waals surface area contributed by atoms with Crippen LogP contribution in [0.25, 0.3) is 21.5 Å². The maximum atomic E-state index is 6.69. The van der Waals surface area contributed by atoms with E-state index < -0.39 is 0 Å². The Morgan fingerprint density at radius 1 is 0.895 bits per heavy atom. The van der Waals surface area contributed by atoms with Crippen molar-refractivity contribution < 1.29 is 4.74 Å². The zero-order chi connectivity index (χ0) is 26.7. The molecule has 0 aliphatic carbocycles. The Morgan fingerprint density at radius 2 is 1.58 bits per heavy atom. The number of allylic oxidation sites excluding steroid dienone is 3. The SMILES string of the molecule is C=CCC(C)(C(=C)/C=C1\Oc2c(ccc3ccccc23)N1CCCCCC)c1c(C)ccc2ccccc12. The van der Waals surface area contributed by atoms with Crippen molar-refractivity contribution in [2.24, 2.45) is 0 Å². The summed E-state index contributed by atoms with van der Waals surface area (Å²) in [6.45, 7) is 16.5. The predicted octanol–water partition coefficient (Wildman–Crippen LogP) is 10.0. The summed E-state index contributed by atoms with van der Waals surface area (Å²) in [5.41, 5.74) is 4.43. The van der Waals surface area contributed by atoms with Crippen LogP contribution in [0, 0.1) is 6.92 Å². The third kappa shape index (κ3) is 4.65. The van der Waals surface area contributed by atoms with Crippen LogP contribution in [-0.4, -0.2) is 6.54 Å². The standard InChI is InChI=1S/C36H39NO/c1-6-8-9-14-24-37-32-22-21-29-16-11-13-18-31(29)35(32)38-33(37)25-27(4)36(5,23-7-2)34-26(3)19-20-28-15-10-12-17-30(28)34/h7,10-13,15-22,25H,2,4,6,8-9,14,23-24H2,1,3,5H3/b33-25-. The summed E-state index contributed by atoms with van der Waals surface area (Å²) in [7, 11) is 0. The lowest BCUT2D eigenvalue weighted by Gasteiger charge is -2.33. The van der Waals surface area contributed by atoms with E-state index in [1.54, 1.807) is 0 Å². The van der Waals surface area contributed by atoms with Gasteiger partial charge in [0.05, 0.1) is 5.69 Å². The molecule has 0 saturated carbocycles. The number of anilines is 1. The monoisotopic (exact) mass is 501 g/mol. The van der Waals surface area contributed by atoms with Gasteiger partial charge in [0.1, 0.15) is 0 Å². The second-order valence-corrected chi connectivity index (χ2v) is 10.8. The summed E-state index contributed by atoms with van der Waals surface area (Å²) in [4.78, 5) is 2.35. The molecule has 1 aliphatic heterocycles. The van der Waals surface area contributed by atoms with Gasteiger partial charge in [-0.3, -0.25) is 0 Å². The van der Waals surface area contributed by atoms with Gasteiger partial charge in [0.2, 0.25) is 5.88 Å². The Balaban J connectivity index is 1.59. The summed E-state index contributed by atoms with van der Waals surface area (Å²) >= 11 is 0. The van der Waals surface area contributed by atoms with E-state index in [0.29, 0.717) is 0 Å². The molecular formula is C36H39NO. The number of unbranched alkanes of at least 4 members (excludes halogenated alkanes) is 3. The maximum Gasteiger partial charge on any atom is 0.200 e. The van der Waals surface area contributed by atoms with Gasteiger partial charge >= 0.3 is 0 Å². The molecule has 1 unspecified atom stereocenters. The van der Waals surface area contributed by atoms with E-state index in [2.05, 4.69) is 118 Å². The molecule has 2 nitrogen and oxygen atoms in total. The molecule has 0 saturated heterocycles. The molecule has 194 valence electrons. The van der Waals surface area contributed by atoms with Crippen LogP contribution in [0.1, 0.15) is 57.1 Å². The third-order valence-electron chi connectivity index (χ3n) is 8.11. The first-order chi connectivity index (χ1) is 18.5. The van der Waals surface area contributed by atoms with Crippen molar-refractivity contribution in [3.63, 3.8) is 0 Å². The highest BCUT2D eigenvalue weighted by Crippen LogP contribution is 2.47. The molecule has 5 rings (SSSR count). The van der Waals surface area contributed by atoms with E-state index in [-0.39, 0.29) is 5.41 Å². The van der Waals surface area contributed by atoms with Gasteiger partial charge in [-0.2, -0.15) is 0 Å². The Morgan fingerprint density at radius 3 is 2.32 bits per heavy atom. The molecule has 38 heavy (non-hydrogen) atoms. The Kier molecular flexibility index (Phi) is 7.42. The summed E-state index contributed by atoms with van der Waals surface area (Å²) < 4.78 is 6.69. The van der Waals surface area contributed by atoms with E-state index in [9.17, 15) is 0 Å². The quantitative estimate of drug-likeness (QED) is 0.158. The highest BCUT2D eigenvalue weighted by molar-refractivity contribution is 5.95. The Bertz CT molecular complexity index is 1530. The van der Waals surface area contributed by atoms with Gasteiger partial charge in [0, 0.05) is 23.4 Å². The van der Waals surface area contributed by atoms with Crippen LogP contribution < -0.4 is 9.64 Å². The van der Waals surface area contributed by atoms with Crippen molar-refractivity contribution in [1.82, 2.24) is 0 Å². The fraction of sp³-hybridized carbons (Fsp3) is 0.278. The van der Waals surface area contributed by atoms with Gasteiger partial charge in [-0.1, -0.05) is 112 Å². The van der Waals surface area contributed by atoms with Gasteiger partial charge in [-0.25, -0.2) is 0 Å². The number of benzene rings is 4. The number of rotatable bonds is 10. The highest BCUT2D eigenvalue weighted by atomic mass is 16.5. The molecule has 4 aromatic carbocycles. The van der Waals surface area contributed by atoms with Crippen molar-refractivity contribution >= 4 is 27.2 Å². The number of nitrogens with zero attached hydrogens (tertiary/aromatic N) is 1. The zero-order valence-corrected chi connectivity index (χ0v) is 23.1. The average molecular weight is 502 g/mol. The molecule has 4 aromatic rings. The summed E-state index contributed by atoms with van der Waals surface area (Å²) in [5, 5.41) is 4.86. The van der Waals surface area contributed by atoms with Crippen molar-refractivity contribution in [1.29, 1.82) is 0 Å². The van der Waals surface area contributed by atoms with Crippen molar-refractivity contribution in [2.75, 3.05) is 11.4 Å². The second-order valence-electron chi connectivity index (χ2n) is 10.8. The summed E-state index contributed by atoms with van der Waals surface area (Å²) in [5.74, 6) is 1.82. The molecule has 1 atom stereocenters. The zero-order valence-electron chi connectivity index (χ0n) is 23.1. The second kappa shape index (κ2) is 10.9. The Labute approximate surface area is 227 Å². The number of hydrogen-bond acceptors (Lipinski definition) is 2. The summed E-state index contributed by atoms with van der Waals surface area (Å²) in [6.07, 6.45) is 9.80. The van der Waals surface area contributed by atoms with Gasteiger partial charge in [0.15, 0.2) is 5.75 Å². The number of aryl methyl sites for hydroxylation is 1. The molecule has 0 spiro atoms. The first-order valence-electron chi connectivity index (χ1n) is 14.0. The predicted molar refractivity (Wildman–Crippen MR) is 164 cm³/mol. The molecule has 2 heteroatoms. The number of hydrogen-bond donors (Lipinski definition) is 0. The topological polar surface area (TPSA) is 12.5 Å². The van der Waals surface area contributed by atoms with Crippen molar-refractivity contribution in [3.05, 3.63) is 121 Å². The number of ether oxygens (including phenoxy) is 1. The van der Waals surface area contributed by atoms with E-state index in [4.69, 9.17) is 4.74 Å². The van der Waals surface area contributed by atoms with E-state index in [0.717, 1.165) is 47.7 Å². The summed E-state index contributed by atoms with van der Waals surface area (Å²) in [6, 6.07) is 26.0. The average Bonchev–Trinajstić information content (AvgIpc) is 3.28. The largest absolute Gasteiger partial charge is 0.438 e. The molecule has 1 heterocycles. The van der Waals surface area contributed by atoms with E-state index in [1.807, 2.05) is 6.08 Å². The smallest absolute Gasteiger partial charge is 0.200 e. The molecule has 0 amide bonds. The molecular weight excluding hydrogens is 462 g/mol. The lowest BCUT2D eigenvalue weighted by molar-refractivity contribution is 0.437. The molecule has 0 bridgehead atoms. The van der Waals surface area contributed by atoms with Crippen LogP contribution in [-0.2, 0) is 5.41 Å². The fourth-order valence-corrected chi connectivity index (χ4v) is 5.97.